The van der Waals surface area contributed by atoms with E-state index in [1.165, 1.54) is 108 Å². The Bertz CT molecular complexity index is 245. The Balaban J connectivity index is 1.53. The summed E-state index contributed by atoms with van der Waals surface area (Å²) in [6.07, 6.45) is 13.6. The van der Waals surface area contributed by atoms with E-state index >= 15 is 0 Å². The van der Waals surface area contributed by atoms with Crippen LogP contribution >= 0.6 is 0 Å². The maximum atomic E-state index is 2.67. The fraction of sp³-hybridized carbons (Fsp3) is 1.00. The summed E-state index contributed by atoms with van der Waals surface area (Å²) in [7, 11) is 0. The van der Waals surface area contributed by atoms with Crippen molar-refractivity contribution in [3.63, 3.8) is 0 Å². The van der Waals surface area contributed by atoms with E-state index < -0.39 is 0 Å². The lowest BCUT2D eigenvalue weighted by molar-refractivity contribution is -0.944. The molecule has 4 rings (SSSR count). The standard InChI is InChI=1S/C17H33N2/c1-2-4-6-8-17(9-7-5-3-1)16-19-13-10-18(11-14-19)12-15-19/h17H,1-16H2/q+1. The number of fused-ring (bicyclic) bond motifs is 3. The zero-order valence-electron chi connectivity index (χ0n) is 12.8. The maximum absolute atomic E-state index is 2.67. The third-order valence-corrected chi connectivity index (χ3v) is 6.04. The molecule has 0 spiro atoms. The molecule has 1 aliphatic carbocycles. The fourth-order valence-electron chi connectivity index (χ4n) is 4.63. The van der Waals surface area contributed by atoms with E-state index in [0.717, 1.165) is 5.92 Å². The van der Waals surface area contributed by atoms with Crippen LogP contribution in [0.2, 0.25) is 0 Å². The van der Waals surface area contributed by atoms with Gasteiger partial charge < -0.3 is 4.48 Å². The molecule has 0 aromatic rings. The van der Waals surface area contributed by atoms with Crippen LogP contribution in [0.4, 0.5) is 0 Å². The van der Waals surface area contributed by atoms with Gasteiger partial charge in [-0.25, -0.2) is 0 Å². The molecular weight excluding hydrogens is 232 g/mol. The van der Waals surface area contributed by atoms with Gasteiger partial charge >= 0.3 is 0 Å². The molecule has 2 nitrogen and oxygen atoms in total. The highest BCUT2D eigenvalue weighted by Crippen LogP contribution is 2.27. The molecule has 19 heavy (non-hydrogen) atoms. The lowest BCUT2D eigenvalue weighted by atomic mass is 9.90. The van der Waals surface area contributed by atoms with E-state index in [0.29, 0.717) is 0 Å². The van der Waals surface area contributed by atoms with Gasteiger partial charge in [-0.2, -0.15) is 0 Å². The van der Waals surface area contributed by atoms with Crippen LogP contribution in [0.1, 0.15) is 57.8 Å². The molecule has 2 bridgehead atoms. The second-order valence-corrected chi connectivity index (χ2v) is 7.45. The average Bonchev–Trinajstić information content (AvgIpc) is 2.47. The Morgan fingerprint density at radius 3 is 1.68 bits per heavy atom. The van der Waals surface area contributed by atoms with Gasteiger partial charge in [0.25, 0.3) is 0 Å². The van der Waals surface area contributed by atoms with Crippen LogP contribution in [-0.2, 0) is 0 Å². The summed E-state index contributed by atoms with van der Waals surface area (Å²) in [6.45, 7) is 10.0. The van der Waals surface area contributed by atoms with Crippen LogP contribution in [0.25, 0.3) is 0 Å². The van der Waals surface area contributed by atoms with Crippen molar-refractivity contribution in [1.29, 1.82) is 0 Å². The molecular formula is C17H33N2+. The Labute approximate surface area is 119 Å². The van der Waals surface area contributed by atoms with Crippen molar-refractivity contribution in [3.8, 4) is 0 Å². The predicted octanol–water partition coefficient (Wildman–Crippen LogP) is 3.27. The SMILES string of the molecule is C1CCCCC(C[N+]23CCN(CC2)CC3)CCCC1. The van der Waals surface area contributed by atoms with E-state index in [9.17, 15) is 0 Å². The third-order valence-electron chi connectivity index (χ3n) is 6.04. The second-order valence-electron chi connectivity index (χ2n) is 7.45. The molecule has 2 heteroatoms. The lowest BCUT2D eigenvalue weighted by Crippen LogP contribution is -2.68. The van der Waals surface area contributed by atoms with Gasteiger partial charge in [-0.05, 0) is 12.8 Å². The number of piperazine rings is 3. The summed E-state index contributed by atoms with van der Waals surface area (Å²) in [5.41, 5.74) is 0. The van der Waals surface area contributed by atoms with Gasteiger partial charge in [0.2, 0.25) is 0 Å². The van der Waals surface area contributed by atoms with Crippen LogP contribution in [0, 0.1) is 5.92 Å². The van der Waals surface area contributed by atoms with E-state index in [1.807, 2.05) is 0 Å². The fourth-order valence-corrected chi connectivity index (χ4v) is 4.63. The molecule has 3 aliphatic heterocycles. The first-order valence-electron chi connectivity index (χ1n) is 8.94. The minimum Gasteiger partial charge on any atom is -0.320 e. The molecule has 110 valence electrons. The zero-order chi connectivity index (χ0) is 13.0. The molecule has 3 heterocycles. The first kappa shape index (κ1) is 13.9. The topological polar surface area (TPSA) is 3.24 Å². The first-order valence-corrected chi connectivity index (χ1v) is 8.94. The van der Waals surface area contributed by atoms with E-state index in [2.05, 4.69) is 4.90 Å². The molecule has 0 atom stereocenters. The monoisotopic (exact) mass is 265 g/mol. The molecule has 0 unspecified atom stereocenters. The first-order chi connectivity index (χ1) is 9.36. The largest absolute Gasteiger partial charge is 0.320 e. The normalized spacial score (nSPS) is 38.2. The van der Waals surface area contributed by atoms with Crippen molar-refractivity contribution in [2.75, 3.05) is 45.8 Å². The molecule has 3 saturated heterocycles. The molecule has 0 amide bonds. The number of nitrogens with zero attached hydrogens (tertiary/aromatic N) is 2. The van der Waals surface area contributed by atoms with Crippen molar-refractivity contribution in [2.45, 2.75) is 57.8 Å². The number of quaternary nitrogens is 1. The second kappa shape index (κ2) is 6.58. The lowest BCUT2D eigenvalue weighted by Gasteiger charge is -2.51. The number of rotatable bonds is 2. The Morgan fingerprint density at radius 2 is 1.16 bits per heavy atom. The third kappa shape index (κ3) is 3.72. The van der Waals surface area contributed by atoms with Crippen molar-refractivity contribution in [3.05, 3.63) is 0 Å². The van der Waals surface area contributed by atoms with E-state index in [-0.39, 0.29) is 0 Å². The van der Waals surface area contributed by atoms with Gasteiger partial charge in [0.1, 0.15) is 0 Å². The molecule has 0 aromatic carbocycles. The van der Waals surface area contributed by atoms with Crippen LogP contribution in [0.15, 0.2) is 0 Å². The summed E-state index contributed by atoms with van der Waals surface area (Å²) >= 11 is 0. The van der Waals surface area contributed by atoms with Crippen LogP contribution < -0.4 is 0 Å². The Hall–Kier alpha value is -0.0800. The van der Waals surface area contributed by atoms with Crippen LogP contribution in [0.5, 0.6) is 0 Å². The summed E-state index contributed by atoms with van der Waals surface area (Å²) in [5, 5.41) is 0. The van der Waals surface area contributed by atoms with Crippen molar-refractivity contribution < 1.29 is 4.48 Å². The molecule has 4 aliphatic rings. The molecule has 0 radical (unpaired) electrons. The van der Waals surface area contributed by atoms with E-state index in [4.69, 9.17) is 0 Å². The molecule has 0 N–H and O–H groups in total. The van der Waals surface area contributed by atoms with Gasteiger partial charge in [-0.3, -0.25) is 4.90 Å². The van der Waals surface area contributed by atoms with Gasteiger partial charge in [0.15, 0.2) is 0 Å². The summed E-state index contributed by atoms with van der Waals surface area (Å²) < 4.78 is 1.49. The summed E-state index contributed by atoms with van der Waals surface area (Å²) in [5.74, 6) is 1.04. The highest BCUT2D eigenvalue weighted by atomic mass is 15.5. The minimum atomic E-state index is 1.04. The highest BCUT2D eigenvalue weighted by Gasteiger charge is 2.39. The smallest absolute Gasteiger partial charge is 0.0916 e. The Kier molecular flexibility index (Phi) is 4.81. The van der Waals surface area contributed by atoms with Crippen molar-refractivity contribution >= 4 is 0 Å². The highest BCUT2D eigenvalue weighted by molar-refractivity contribution is 4.73. The quantitative estimate of drug-likeness (QED) is 0.693. The van der Waals surface area contributed by atoms with Gasteiger partial charge in [-0.1, -0.05) is 44.9 Å². The average molecular weight is 265 g/mol. The summed E-state index contributed by atoms with van der Waals surface area (Å²) in [6, 6.07) is 0. The molecule has 1 saturated carbocycles. The van der Waals surface area contributed by atoms with Crippen LogP contribution in [0.3, 0.4) is 0 Å². The van der Waals surface area contributed by atoms with Gasteiger partial charge in [0, 0.05) is 25.6 Å². The van der Waals surface area contributed by atoms with Crippen molar-refractivity contribution in [2.24, 2.45) is 5.92 Å². The van der Waals surface area contributed by atoms with Crippen molar-refractivity contribution in [1.82, 2.24) is 4.90 Å². The molecule has 0 aromatic heterocycles. The number of hydrogen-bond acceptors (Lipinski definition) is 1. The van der Waals surface area contributed by atoms with E-state index in [1.54, 1.807) is 0 Å². The molecule has 4 fully saturated rings. The predicted molar refractivity (Wildman–Crippen MR) is 81.2 cm³/mol. The summed E-state index contributed by atoms with van der Waals surface area (Å²) in [4.78, 5) is 2.67. The van der Waals surface area contributed by atoms with Gasteiger partial charge in [-0.15, -0.1) is 0 Å². The van der Waals surface area contributed by atoms with Gasteiger partial charge in [0.05, 0.1) is 26.2 Å². The number of hydrogen-bond donors (Lipinski definition) is 0. The van der Waals surface area contributed by atoms with Crippen LogP contribution in [-0.4, -0.2) is 55.2 Å². The Morgan fingerprint density at radius 1 is 0.684 bits per heavy atom. The minimum absolute atomic E-state index is 1.04. The maximum Gasteiger partial charge on any atom is 0.0916 e. The zero-order valence-corrected chi connectivity index (χ0v) is 12.8.